The Balaban J connectivity index is 1.65. The van der Waals surface area contributed by atoms with Gasteiger partial charge in [0, 0.05) is 5.71 Å². The van der Waals surface area contributed by atoms with Crippen LogP contribution in [0.15, 0.2) is 35.3 Å². The summed E-state index contributed by atoms with van der Waals surface area (Å²) >= 11 is 0. The standard InChI is InChI=1S/C20H26N4O3/c1-15(21-10-13-23-11-6-3-7-12-23)17-18(25)22-20(27)24(19(17)26)14-16-8-4-2-5-9-16/h2,4-5,8-9,17H,3,6-7,10-14H2,1H3,(H,22,25,27)/p+1. The van der Waals surface area contributed by atoms with Crippen LogP contribution in [0.1, 0.15) is 31.7 Å². The number of benzene rings is 1. The molecule has 7 heteroatoms. The van der Waals surface area contributed by atoms with Crippen LogP contribution in [-0.4, -0.2) is 54.6 Å². The fourth-order valence-electron chi connectivity index (χ4n) is 3.68. The second-order valence-corrected chi connectivity index (χ2v) is 7.22. The number of carbonyl (C=O) groups is 3. The molecule has 0 saturated carbocycles. The summed E-state index contributed by atoms with van der Waals surface area (Å²) in [5, 5.41) is 2.29. The van der Waals surface area contributed by atoms with Crippen molar-refractivity contribution < 1.29 is 19.3 Å². The molecule has 144 valence electrons. The number of barbiturate groups is 1. The van der Waals surface area contributed by atoms with E-state index in [1.54, 1.807) is 6.92 Å². The first-order valence-corrected chi connectivity index (χ1v) is 9.61. The monoisotopic (exact) mass is 371 g/mol. The van der Waals surface area contributed by atoms with E-state index in [4.69, 9.17) is 0 Å². The van der Waals surface area contributed by atoms with E-state index in [1.165, 1.54) is 24.2 Å². The lowest BCUT2D eigenvalue weighted by atomic mass is 9.99. The zero-order valence-electron chi connectivity index (χ0n) is 15.7. The number of nitrogens with zero attached hydrogens (tertiary/aromatic N) is 2. The predicted octanol–water partition coefficient (Wildman–Crippen LogP) is 0.411. The first-order chi connectivity index (χ1) is 13.1. The van der Waals surface area contributed by atoms with Gasteiger partial charge in [0.05, 0.1) is 32.7 Å². The minimum atomic E-state index is -1.03. The third kappa shape index (κ3) is 4.80. The second-order valence-electron chi connectivity index (χ2n) is 7.22. The minimum absolute atomic E-state index is 0.139. The molecule has 2 fully saturated rings. The van der Waals surface area contributed by atoms with E-state index in [2.05, 4.69) is 10.3 Å². The molecule has 0 aliphatic carbocycles. The van der Waals surface area contributed by atoms with Crippen molar-refractivity contribution in [3.8, 4) is 0 Å². The number of hydrogen-bond donors (Lipinski definition) is 2. The summed E-state index contributed by atoms with van der Waals surface area (Å²) in [5.74, 6) is -2.11. The second kappa shape index (κ2) is 8.90. The number of piperidine rings is 1. The number of quaternary nitrogens is 1. The number of likely N-dealkylation sites (tertiary alicyclic amines) is 1. The summed E-state index contributed by atoms with van der Waals surface area (Å²) in [7, 11) is 0. The van der Waals surface area contributed by atoms with Crippen molar-refractivity contribution in [1.82, 2.24) is 10.2 Å². The molecule has 27 heavy (non-hydrogen) atoms. The van der Waals surface area contributed by atoms with Crippen LogP contribution in [0.3, 0.4) is 0 Å². The van der Waals surface area contributed by atoms with Crippen molar-refractivity contribution in [2.24, 2.45) is 10.9 Å². The molecule has 4 amide bonds. The molecule has 0 radical (unpaired) electrons. The van der Waals surface area contributed by atoms with E-state index in [0.29, 0.717) is 12.3 Å². The lowest BCUT2D eigenvalue weighted by Crippen LogP contribution is -3.13. The van der Waals surface area contributed by atoms with Gasteiger partial charge in [0.25, 0.3) is 0 Å². The van der Waals surface area contributed by atoms with Gasteiger partial charge in [0.2, 0.25) is 11.8 Å². The van der Waals surface area contributed by atoms with Crippen LogP contribution in [-0.2, 0) is 16.1 Å². The van der Waals surface area contributed by atoms with Gasteiger partial charge in [-0.2, -0.15) is 0 Å². The van der Waals surface area contributed by atoms with Crippen molar-refractivity contribution >= 4 is 23.6 Å². The fraction of sp³-hybridized carbons (Fsp3) is 0.500. The van der Waals surface area contributed by atoms with Crippen molar-refractivity contribution in [3.05, 3.63) is 35.9 Å². The highest BCUT2D eigenvalue weighted by Crippen LogP contribution is 2.16. The Kier molecular flexibility index (Phi) is 6.34. The number of nitrogens with one attached hydrogen (secondary N) is 2. The van der Waals surface area contributed by atoms with Gasteiger partial charge in [0.15, 0.2) is 5.92 Å². The van der Waals surface area contributed by atoms with Gasteiger partial charge in [-0.05, 0) is 31.7 Å². The van der Waals surface area contributed by atoms with Gasteiger partial charge < -0.3 is 4.90 Å². The van der Waals surface area contributed by atoms with Gasteiger partial charge in [-0.25, -0.2) is 4.79 Å². The summed E-state index contributed by atoms with van der Waals surface area (Å²) in [5.41, 5.74) is 1.30. The van der Waals surface area contributed by atoms with E-state index in [9.17, 15) is 14.4 Å². The van der Waals surface area contributed by atoms with Gasteiger partial charge in [0.1, 0.15) is 0 Å². The topological polar surface area (TPSA) is 83.3 Å². The van der Waals surface area contributed by atoms with Crippen molar-refractivity contribution in [3.63, 3.8) is 0 Å². The summed E-state index contributed by atoms with van der Waals surface area (Å²) in [4.78, 5) is 44.3. The Labute approximate surface area is 159 Å². The van der Waals surface area contributed by atoms with Crippen LogP contribution in [0.5, 0.6) is 0 Å². The number of imide groups is 2. The minimum Gasteiger partial charge on any atom is -0.333 e. The van der Waals surface area contributed by atoms with E-state index in [0.717, 1.165) is 30.1 Å². The first kappa shape index (κ1) is 19.2. The number of urea groups is 1. The third-order valence-corrected chi connectivity index (χ3v) is 5.24. The zero-order chi connectivity index (χ0) is 19.2. The maximum Gasteiger partial charge on any atom is 0.331 e. The maximum absolute atomic E-state index is 12.8. The normalized spacial score (nSPS) is 22.1. The van der Waals surface area contributed by atoms with Gasteiger partial charge in [-0.1, -0.05) is 30.3 Å². The van der Waals surface area contributed by atoms with E-state index in [-0.39, 0.29) is 6.54 Å². The van der Waals surface area contributed by atoms with Gasteiger partial charge >= 0.3 is 6.03 Å². The zero-order valence-corrected chi connectivity index (χ0v) is 15.7. The predicted molar refractivity (Wildman–Crippen MR) is 101 cm³/mol. The summed E-state index contributed by atoms with van der Waals surface area (Å²) in [6.07, 6.45) is 3.80. The molecule has 7 nitrogen and oxygen atoms in total. The molecule has 1 atom stereocenters. The Hall–Kier alpha value is -2.54. The van der Waals surface area contributed by atoms with Gasteiger partial charge in [-0.3, -0.25) is 24.8 Å². The molecule has 2 N–H and O–H groups in total. The first-order valence-electron chi connectivity index (χ1n) is 9.61. The highest BCUT2D eigenvalue weighted by atomic mass is 16.2. The quantitative estimate of drug-likeness (QED) is 0.561. The average Bonchev–Trinajstić information content (AvgIpc) is 2.67. The van der Waals surface area contributed by atoms with Gasteiger partial charge in [-0.15, -0.1) is 0 Å². The molecule has 0 aromatic heterocycles. The molecule has 2 aliphatic heterocycles. The van der Waals surface area contributed by atoms with Crippen LogP contribution >= 0.6 is 0 Å². The number of rotatable bonds is 6. The number of aliphatic imine (C=N–C) groups is 1. The average molecular weight is 371 g/mol. The van der Waals surface area contributed by atoms with Crippen LogP contribution < -0.4 is 10.2 Å². The molecule has 0 spiro atoms. The van der Waals surface area contributed by atoms with E-state index in [1.807, 2.05) is 30.3 Å². The van der Waals surface area contributed by atoms with Crippen LogP contribution in [0.2, 0.25) is 0 Å². The van der Waals surface area contributed by atoms with Crippen molar-refractivity contribution in [1.29, 1.82) is 0 Å². The van der Waals surface area contributed by atoms with Crippen molar-refractivity contribution in [2.75, 3.05) is 26.2 Å². The van der Waals surface area contributed by atoms with Crippen molar-refractivity contribution in [2.45, 2.75) is 32.7 Å². The molecule has 0 bridgehead atoms. The molecular weight excluding hydrogens is 344 g/mol. The highest BCUT2D eigenvalue weighted by molar-refractivity contribution is 6.27. The van der Waals surface area contributed by atoms with Crippen LogP contribution in [0.25, 0.3) is 0 Å². The van der Waals surface area contributed by atoms with Crippen LogP contribution in [0, 0.1) is 5.92 Å². The smallest absolute Gasteiger partial charge is 0.331 e. The maximum atomic E-state index is 12.8. The molecule has 1 unspecified atom stereocenters. The SMILES string of the molecule is CC(=NCC[NH+]1CCCCC1)C1C(=O)NC(=O)N(Cc2ccccc2)C1=O. The Bertz CT molecular complexity index is 726. The van der Waals surface area contributed by atoms with E-state index >= 15 is 0 Å². The lowest BCUT2D eigenvalue weighted by molar-refractivity contribution is -0.903. The van der Waals surface area contributed by atoms with Crippen LogP contribution in [0.4, 0.5) is 4.79 Å². The Morgan fingerprint density at radius 1 is 1.15 bits per heavy atom. The molecule has 1 aromatic rings. The number of hydrogen-bond acceptors (Lipinski definition) is 4. The fourth-order valence-corrected chi connectivity index (χ4v) is 3.68. The Morgan fingerprint density at radius 3 is 2.56 bits per heavy atom. The molecule has 2 aliphatic rings. The molecule has 2 heterocycles. The largest absolute Gasteiger partial charge is 0.333 e. The molecule has 1 aromatic carbocycles. The summed E-state index contributed by atoms with van der Waals surface area (Å²) in [6.45, 7) is 5.66. The lowest BCUT2D eigenvalue weighted by Gasteiger charge is -2.30. The molecule has 3 rings (SSSR count). The summed E-state index contributed by atoms with van der Waals surface area (Å²) in [6, 6.07) is 8.58. The summed E-state index contributed by atoms with van der Waals surface area (Å²) < 4.78 is 0. The number of amides is 4. The highest BCUT2D eigenvalue weighted by Gasteiger charge is 2.42. The Morgan fingerprint density at radius 2 is 1.85 bits per heavy atom. The molecular formula is C20H27N4O3+. The number of carbonyl (C=O) groups excluding carboxylic acids is 3. The third-order valence-electron chi connectivity index (χ3n) is 5.24. The molecule has 2 saturated heterocycles. The van der Waals surface area contributed by atoms with E-state index < -0.39 is 23.8 Å².